The Kier molecular flexibility index (Phi) is 3.58. The zero-order chi connectivity index (χ0) is 15.6. The van der Waals surface area contributed by atoms with Gasteiger partial charge in [0.25, 0.3) is 0 Å². The molecule has 2 fully saturated rings. The predicted molar refractivity (Wildman–Crippen MR) is 79.4 cm³/mol. The van der Waals surface area contributed by atoms with Gasteiger partial charge in [0.15, 0.2) is 0 Å². The standard InChI is InChI=1S/C16H31N2O2/c1-13(2)9-10-14(3,4)18(13)20-12-11-15(5,6)17(19)16(12,7)8/h12H,9-11H2,1-8H3. The van der Waals surface area contributed by atoms with Crippen LogP contribution < -0.4 is 0 Å². The Bertz CT molecular complexity index is 372. The van der Waals surface area contributed by atoms with Crippen molar-refractivity contribution in [3.05, 3.63) is 0 Å². The first kappa shape index (κ1) is 16.2. The fraction of sp³-hybridized carbons (Fsp3) is 1.00. The molecule has 20 heavy (non-hydrogen) atoms. The van der Waals surface area contributed by atoms with E-state index in [2.05, 4.69) is 32.8 Å². The molecule has 0 aromatic carbocycles. The average Bonchev–Trinajstić information content (AvgIpc) is 2.57. The summed E-state index contributed by atoms with van der Waals surface area (Å²) in [5.41, 5.74) is -0.791. The Morgan fingerprint density at radius 1 is 0.850 bits per heavy atom. The summed E-state index contributed by atoms with van der Waals surface area (Å²) < 4.78 is 0. The van der Waals surface area contributed by atoms with Gasteiger partial charge in [0.1, 0.15) is 6.10 Å². The highest BCUT2D eigenvalue weighted by Crippen LogP contribution is 2.46. The summed E-state index contributed by atoms with van der Waals surface area (Å²) in [4.78, 5) is 6.42. The fourth-order valence-electron chi connectivity index (χ4n) is 3.91. The highest BCUT2D eigenvalue weighted by atomic mass is 16.7. The van der Waals surface area contributed by atoms with Crippen LogP contribution in [0.5, 0.6) is 0 Å². The van der Waals surface area contributed by atoms with Crippen molar-refractivity contribution in [2.75, 3.05) is 0 Å². The van der Waals surface area contributed by atoms with Crippen molar-refractivity contribution in [2.24, 2.45) is 0 Å². The Hall–Kier alpha value is -0.160. The summed E-state index contributed by atoms with van der Waals surface area (Å²) in [5, 5.41) is 15.9. The normalized spacial score (nSPS) is 35.5. The monoisotopic (exact) mass is 283 g/mol. The van der Waals surface area contributed by atoms with E-state index >= 15 is 0 Å². The Morgan fingerprint density at radius 3 is 1.65 bits per heavy atom. The Labute approximate surface area is 124 Å². The minimum Gasteiger partial charge on any atom is -0.293 e. The number of nitrogens with zero attached hydrogens (tertiary/aromatic N) is 2. The first-order valence-corrected chi connectivity index (χ1v) is 7.75. The molecule has 2 heterocycles. The molecule has 117 valence electrons. The lowest BCUT2D eigenvalue weighted by atomic mass is 9.97. The van der Waals surface area contributed by atoms with Gasteiger partial charge in [-0.2, -0.15) is 5.06 Å². The van der Waals surface area contributed by atoms with E-state index in [9.17, 15) is 5.21 Å². The molecule has 4 nitrogen and oxygen atoms in total. The van der Waals surface area contributed by atoms with Gasteiger partial charge in [0.05, 0.1) is 5.54 Å². The quantitative estimate of drug-likeness (QED) is 0.777. The van der Waals surface area contributed by atoms with Crippen LogP contribution in [0.4, 0.5) is 0 Å². The van der Waals surface area contributed by atoms with Crippen molar-refractivity contribution in [3.8, 4) is 0 Å². The maximum absolute atomic E-state index is 12.5. The molecule has 1 radical (unpaired) electrons. The van der Waals surface area contributed by atoms with E-state index in [0.717, 1.165) is 19.3 Å². The second-order valence-electron chi connectivity index (χ2n) is 8.98. The molecule has 0 bridgehead atoms. The van der Waals surface area contributed by atoms with E-state index in [4.69, 9.17) is 4.84 Å². The molecule has 1 atom stereocenters. The molecule has 2 rings (SSSR count). The molecule has 0 aromatic heterocycles. The van der Waals surface area contributed by atoms with Crippen LogP contribution in [0.25, 0.3) is 0 Å². The second kappa shape index (κ2) is 4.42. The molecule has 1 unspecified atom stereocenters. The second-order valence-corrected chi connectivity index (χ2v) is 8.98. The fourth-order valence-corrected chi connectivity index (χ4v) is 3.91. The summed E-state index contributed by atoms with van der Waals surface area (Å²) in [5.74, 6) is 0. The van der Waals surface area contributed by atoms with Crippen molar-refractivity contribution in [1.29, 1.82) is 0 Å². The lowest BCUT2D eigenvalue weighted by molar-refractivity contribution is -0.303. The van der Waals surface area contributed by atoms with Gasteiger partial charge in [0, 0.05) is 16.6 Å². The SMILES string of the molecule is CC1(C)CCC(C)(C)N1OC1CC(C)(C)N([O])C1(C)C. The van der Waals surface area contributed by atoms with Crippen LogP contribution in [0.15, 0.2) is 0 Å². The van der Waals surface area contributed by atoms with Crippen LogP contribution in [0.3, 0.4) is 0 Å². The van der Waals surface area contributed by atoms with Crippen LogP contribution in [0.2, 0.25) is 0 Å². The minimum atomic E-state index is -0.488. The molecular formula is C16H31N2O2. The molecule has 2 aliphatic heterocycles. The van der Waals surface area contributed by atoms with Crippen LogP contribution >= 0.6 is 0 Å². The highest BCUT2D eigenvalue weighted by Gasteiger charge is 2.56. The number of rotatable bonds is 2. The minimum absolute atomic E-state index is 0.0278. The van der Waals surface area contributed by atoms with Gasteiger partial charge in [-0.25, -0.2) is 0 Å². The number of hydrogen-bond acceptors (Lipinski definition) is 3. The van der Waals surface area contributed by atoms with Crippen LogP contribution in [-0.4, -0.2) is 38.4 Å². The maximum atomic E-state index is 12.5. The largest absolute Gasteiger partial charge is 0.293 e. The summed E-state index contributed by atoms with van der Waals surface area (Å²) in [6, 6.07) is 0. The average molecular weight is 283 g/mol. The molecular weight excluding hydrogens is 252 g/mol. The lowest BCUT2D eigenvalue weighted by Crippen LogP contribution is -2.54. The van der Waals surface area contributed by atoms with Crippen molar-refractivity contribution >= 4 is 0 Å². The van der Waals surface area contributed by atoms with Crippen LogP contribution in [0.1, 0.15) is 74.7 Å². The Morgan fingerprint density at radius 2 is 1.30 bits per heavy atom. The van der Waals surface area contributed by atoms with E-state index in [-0.39, 0.29) is 22.7 Å². The summed E-state index contributed by atoms with van der Waals surface area (Å²) in [6.07, 6.45) is 2.95. The summed E-state index contributed by atoms with van der Waals surface area (Å²) in [7, 11) is 0. The van der Waals surface area contributed by atoms with Crippen molar-refractivity contribution in [2.45, 2.75) is 103 Å². The summed E-state index contributed by atoms with van der Waals surface area (Å²) >= 11 is 0. The van der Waals surface area contributed by atoms with E-state index < -0.39 is 5.54 Å². The molecule has 2 aliphatic rings. The molecule has 0 amide bonds. The number of hydroxylamine groups is 4. The van der Waals surface area contributed by atoms with Crippen molar-refractivity contribution < 1.29 is 10.0 Å². The third kappa shape index (κ3) is 2.41. The molecule has 4 heteroatoms. The Balaban J connectivity index is 2.22. The van der Waals surface area contributed by atoms with Gasteiger partial charge < -0.3 is 0 Å². The topological polar surface area (TPSA) is 35.6 Å². The first-order valence-electron chi connectivity index (χ1n) is 7.75. The molecule has 0 aliphatic carbocycles. The van der Waals surface area contributed by atoms with Crippen molar-refractivity contribution in [1.82, 2.24) is 10.1 Å². The van der Waals surface area contributed by atoms with E-state index in [1.807, 2.05) is 27.7 Å². The first-order chi connectivity index (χ1) is 8.81. The molecule has 2 saturated heterocycles. The third-order valence-corrected chi connectivity index (χ3v) is 5.23. The van der Waals surface area contributed by atoms with Crippen molar-refractivity contribution in [3.63, 3.8) is 0 Å². The molecule has 0 spiro atoms. The molecule has 0 aromatic rings. The molecule has 0 saturated carbocycles. The van der Waals surface area contributed by atoms with Gasteiger partial charge in [-0.15, -0.1) is 10.3 Å². The summed E-state index contributed by atoms with van der Waals surface area (Å²) in [6.45, 7) is 16.9. The van der Waals surface area contributed by atoms with E-state index in [1.165, 1.54) is 5.06 Å². The van der Waals surface area contributed by atoms with E-state index in [1.54, 1.807) is 0 Å². The molecule has 0 N–H and O–H groups in total. The van der Waals surface area contributed by atoms with Gasteiger partial charge in [-0.05, 0) is 74.7 Å². The zero-order valence-corrected chi connectivity index (χ0v) is 14.4. The third-order valence-electron chi connectivity index (χ3n) is 5.23. The van der Waals surface area contributed by atoms with Crippen LogP contribution in [0, 0.1) is 0 Å². The van der Waals surface area contributed by atoms with E-state index in [0.29, 0.717) is 0 Å². The van der Waals surface area contributed by atoms with Gasteiger partial charge in [-0.1, -0.05) is 0 Å². The van der Waals surface area contributed by atoms with Gasteiger partial charge >= 0.3 is 0 Å². The lowest BCUT2D eigenvalue weighted by Gasteiger charge is -2.43. The zero-order valence-electron chi connectivity index (χ0n) is 14.4. The smallest absolute Gasteiger partial charge is 0.101 e. The van der Waals surface area contributed by atoms with Gasteiger partial charge in [-0.3, -0.25) is 4.84 Å². The van der Waals surface area contributed by atoms with Gasteiger partial charge in [0.2, 0.25) is 0 Å². The maximum Gasteiger partial charge on any atom is 0.101 e. The number of hydrogen-bond donors (Lipinski definition) is 0. The predicted octanol–water partition coefficient (Wildman–Crippen LogP) is 3.55. The van der Waals surface area contributed by atoms with Crippen LogP contribution in [-0.2, 0) is 10.0 Å². The highest BCUT2D eigenvalue weighted by molar-refractivity contribution is 5.04.